The van der Waals surface area contributed by atoms with E-state index in [2.05, 4.69) is 36.3 Å². The molecular weight excluding hydrogens is 172 g/mol. The minimum absolute atomic E-state index is 1.06. The SMILES string of the molecule is CCCCCc1ccc(C=NN)cc1. The number of hydrogen-bond donors (Lipinski definition) is 1. The Kier molecular flexibility index (Phi) is 4.76. The molecule has 0 saturated heterocycles. The van der Waals surface area contributed by atoms with Gasteiger partial charge in [-0.1, -0.05) is 44.0 Å². The van der Waals surface area contributed by atoms with Gasteiger partial charge in [0.25, 0.3) is 0 Å². The van der Waals surface area contributed by atoms with E-state index >= 15 is 0 Å². The van der Waals surface area contributed by atoms with E-state index in [0.29, 0.717) is 0 Å². The fraction of sp³-hybridized carbons (Fsp3) is 0.417. The average molecular weight is 190 g/mol. The number of rotatable bonds is 5. The number of nitrogens with zero attached hydrogens (tertiary/aromatic N) is 1. The largest absolute Gasteiger partial charge is 0.323 e. The van der Waals surface area contributed by atoms with E-state index in [9.17, 15) is 0 Å². The van der Waals surface area contributed by atoms with Crippen LogP contribution in [0.5, 0.6) is 0 Å². The van der Waals surface area contributed by atoms with Crippen molar-refractivity contribution in [3.63, 3.8) is 0 Å². The smallest absolute Gasteiger partial charge is 0.0538 e. The standard InChI is InChI=1S/C12H18N2/c1-2-3-4-5-11-6-8-12(9-7-11)10-14-13/h6-10H,2-5,13H2,1H3. The van der Waals surface area contributed by atoms with Crippen molar-refractivity contribution >= 4 is 6.21 Å². The van der Waals surface area contributed by atoms with Gasteiger partial charge >= 0.3 is 0 Å². The van der Waals surface area contributed by atoms with E-state index in [0.717, 1.165) is 5.56 Å². The predicted molar refractivity (Wildman–Crippen MR) is 61.5 cm³/mol. The molecule has 0 fully saturated rings. The zero-order chi connectivity index (χ0) is 10.2. The second-order valence-electron chi connectivity index (χ2n) is 3.48. The summed E-state index contributed by atoms with van der Waals surface area (Å²) in [5.41, 5.74) is 2.46. The molecule has 0 heterocycles. The Morgan fingerprint density at radius 1 is 1.21 bits per heavy atom. The van der Waals surface area contributed by atoms with Crippen LogP contribution in [0.15, 0.2) is 29.4 Å². The van der Waals surface area contributed by atoms with Crippen molar-refractivity contribution in [1.29, 1.82) is 0 Å². The highest BCUT2D eigenvalue weighted by molar-refractivity contribution is 5.79. The molecule has 0 aliphatic rings. The monoisotopic (exact) mass is 190 g/mol. The third kappa shape index (κ3) is 3.60. The van der Waals surface area contributed by atoms with Crippen LogP contribution >= 0.6 is 0 Å². The minimum Gasteiger partial charge on any atom is -0.323 e. The summed E-state index contributed by atoms with van der Waals surface area (Å²) in [5.74, 6) is 5.07. The van der Waals surface area contributed by atoms with Crippen LogP contribution in [0.1, 0.15) is 37.3 Å². The van der Waals surface area contributed by atoms with Crippen LogP contribution in [-0.4, -0.2) is 6.21 Å². The molecule has 76 valence electrons. The van der Waals surface area contributed by atoms with Crippen molar-refractivity contribution in [3.05, 3.63) is 35.4 Å². The van der Waals surface area contributed by atoms with Gasteiger partial charge in [0, 0.05) is 0 Å². The fourth-order valence-electron chi connectivity index (χ4n) is 1.44. The second-order valence-corrected chi connectivity index (χ2v) is 3.48. The summed E-state index contributed by atoms with van der Waals surface area (Å²) in [6, 6.07) is 8.40. The first-order valence-electron chi connectivity index (χ1n) is 5.19. The molecule has 2 heteroatoms. The zero-order valence-corrected chi connectivity index (χ0v) is 8.74. The maximum atomic E-state index is 5.07. The number of unbranched alkanes of at least 4 members (excludes halogenated alkanes) is 2. The van der Waals surface area contributed by atoms with Crippen molar-refractivity contribution in [2.75, 3.05) is 0 Å². The van der Waals surface area contributed by atoms with Gasteiger partial charge in [-0.15, -0.1) is 0 Å². The van der Waals surface area contributed by atoms with Crippen LogP contribution in [0.25, 0.3) is 0 Å². The van der Waals surface area contributed by atoms with Gasteiger partial charge in [-0.2, -0.15) is 5.10 Å². The summed E-state index contributed by atoms with van der Waals surface area (Å²) >= 11 is 0. The van der Waals surface area contributed by atoms with Gasteiger partial charge < -0.3 is 5.84 Å². The summed E-state index contributed by atoms with van der Waals surface area (Å²) in [4.78, 5) is 0. The highest BCUT2D eigenvalue weighted by Crippen LogP contribution is 2.07. The molecule has 0 unspecified atom stereocenters. The fourth-order valence-corrected chi connectivity index (χ4v) is 1.44. The van der Waals surface area contributed by atoms with Crippen molar-refractivity contribution in [3.8, 4) is 0 Å². The first kappa shape index (κ1) is 10.8. The molecule has 2 N–H and O–H groups in total. The number of aryl methyl sites for hydroxylation is 1. The van der Waals surface area contributed by atoms with Crippen LogP contribution in [0, 0.1) is 0 Å². The Labute approximate surface area is 85.8 Å². The van der Waals surface area contributed by atoms with Gasteiger partial charge in [-0.05, 0) is 24.0 Å². The minimum atomic E-state index is 1.06. The van der Waals surface area contributed by atoms with Crippen molar-refractivity contribution in [2.24, 2.45) is 10.9 Å². The normalized spacial score (nSPS) is 10.9. The van der Waals surface area contributed by atoms with E-state index in [1.165, 1.54) is 31.2 Å². The number of nitrogens with two attached hydrogens (primary N) is 1. The van der Waals surface area contributed by atoms with Crippen LogP contribution in [0.2, 0.25) is 0 Å². The maximum Gasteiger partial charge on any atom is 0.0538 e. The maximum absolute atomic E-state index is 5.07. The summed E-state index contributed by atoms with van der Waals surface area (Å²) < 4.78 is 0. The van der Waals surface area contributed by atoms with Crippen LogP contribution in [0.3, 0.4) is 0 Å². The topological polar surface area (TPSA) is 38.4 Å². The lowest BCUT2D eigenvalue weighted by Crippen LogP contribution is -1.89. The molecular formula is C12H18N2. The summed E-state index contributed by atoms with van der Waals surface area (Å²) in [6.07, 6.45) is 6.70. The lowest BCUT2D eigenvalue weighted by atomic mass is 10.1. The first-order valence-corrected chi connectivity index (χ1v) is 5.19. The molecule has 0 bridgehead atoms. The average Bonchev–Trinajstić information content (AvgIpc) is 2.21. The predicted octanol–water partition coefficient (Wildman–Crippen LogP) is 2.71. The molecule has 0 aliphatic heterocycles. The third-order valence-electron chi connectivity index (χ3n) is 2.27. The van der Waals surface area contributed by atoms with E-state index in [1.807, 2.05) is 0 Å². The van der Waals surface area contributed by atoms with Crippen molar-refractivity contribution in [1.82, 2.24) is 0 Å². The molecule has 0 saturated carbocycles. The van der Waals surface area contributed by atoms with Gasteiger partial charge in [0.2, 0.25) is 0 Å². The van der Waals surface area contributed by atoms with Gasteiger partial charge in [0.15, 0.2) is 0 Å². The van der Waals surface area contributed by atoms with Gasteiger partial charge in [-0.25, -0.2) is 0 Å². The van der Waals surface area contributed by atoms with E-state index in [-0.39, 0.29) is 0 Å². The van der Waals surface area contributed by atoms with Crippen molar-refractivity contribution < 1.29 is 0 Å². The zero-order valence-electron chi connectivity index (χ0n) is 8.74. The van der Waals surface area contributed by atoms with Crippen LogP contribution < -0.4 is 5.84 Å². The lowest BCUT2D eigenvalue weighted by Gasteiger charge is -2.00. The van der Waals surface area contributed by atoms with E-state index < -0.39 is 0 Å². The Hall–Kier alpha value is -1.31. The lowest BCUT2D eigenvalue weighted by molar-refractivity contribution is 0.717. The Balaban J connectivity index is 2.46. The highest BCUT2D eigenvalue weighted by Gasteiger charge is 1.93. The Bertz CT molecular complexity index is 275. The molecule has 0 spiro atoms. The molecule has 1 aromatic carbocycles. The van der Waals surface area contributed by atoms with Gasteiger partial charge in [0.05, 0.1) is 6.21 Å². The number of hydrogen-bond acceptors (Lipinski definition) is 2. The molecule has 1 aromatic rings. The molecule has 0 atom stereocenters. The van der Waals surface area contributed by atoms with E-state index in [4.69, 9.17) is 5.84 Å². The van der Waals surface area contributed by atoms with Crippen LogP contribution in [-0.2, 0) is 6.42 Å². The number of benzene rings is 1. The molecule has 0 aromatic heterocycles. The first-order chi connectivity index (χ1) is 6.86. The van der Waals surface area contributed by atoms with Gasteiger partial charge in [0.1, 0.15) is 0 Å². The highest BCUT2D eigenvalue weighted by atomic mass is 15.1. The molecule has 0 aliphatic carbocycles. The molecule has 0 radical (unpaired) electrons. The number of hydrazone groups is 1. The third-order valence-corrected chi connectivity index (χ3v) is 2.27. The summed E-state index contributed by atoms with van der Waals surface area (Å²) in [7, 11) is 0. The molecule has 2 nitrogen and oxygen atoms in total. The molecule has 0 amide bonds. The summed E-state index contributed by atoms with van der Waals surface area (Å²) in [6.45, 7) is 2.22. The van der Waals surface area contributed by atoms with E-state index in [1.54, 1.807) is 6.21 Å². The summed E-state index contributed by atoms with van der Waals surface area (Å²) in [5, 5.41) is 3.49. The second kappa shape index (κ2) is 6.19. The van der Waals surface area contributed by atoms with Crippen LogP contribution in [0.4, 0.5) is 0 Å². The Morgan fingerprint density at radius 2 is 1.93 bits per heavy atom. The van der Waals surface area contributed by atoms with Gasteiger partial charge in [-0.3, -0.25) is 0 Å². The quantitative estimate of drug-likeness (QED) is 0.330. The Morgan fingerprint density at radius 3 is 2.50 bits per heavy atom. The molecule has 14 heavy (non-hydrogen) atoms. The van der Waals surface area contributed by atoms with Crippen molar-refractivity contribution in [2.45, 2.75) is 32.6 Å². The molecule has 1 rings (SSSR count).